The van der Waals surface area contributed by atoms with Gasteiger partial charge in [0.15, 0.2) is 0 Å². The van der Waals surface area contributed by atoms with Gasteiger partial charge in [0.05, 0.1) is 0 Å². The summed E-state index contributed by atoms with van der Waals surface area (Å²) in [5, 5.41) is 6.59. The van der Waals surface area contributed by atoms with Gasteiger partial charge in [0.1, 0.15) is 16.1 Å². The van der Waals surface area contributed by atoms with Gasteiger partial charge in [-0.15, -0.1) is 0 Å². The Morgan fingerprint density at radius 2 is 0.707 bits per heavy atom. The van der Waals surface area contributed by atoms with E-state index in [1.54, 1.807) is 31.9 Å². The van der Waals surface area contributed by atoms with Gasteiger partial charge in [0.2, 0.25) is 0 Å². The summed E-state index contributed by atoms with van der Waals surface area (Å²) in [6.07, 6.45) is 26.8. The Bertz CT molecular complexity index is 2220. The van der Waals surface area contributed by atoms with Gasteiger partial charge in [-0.3, -0.25) is 0 Å². The zero-order valence-corrected chi connectivity index (χ0v) is 56.8. The van der Waals surface area contributed by atoms with E-state index in [1.807, 2.05) is 0 Å². The number of hydrogen-bond acceptors (Lipinski definition) is 1. The number of rotatable bonds is 16. The van der Waals surface area contributed by atoms with Crippen LogP contribution in [0.15, 0.2) is 169 Å². The Labute approximate surface area is 492 Å². The molecule has 6 atom stereocenters. The third-order valence-corrected chi connectivity index (χ3v) is 34.5. The maximum atomic E-state index is 4.94. The van der Waals surface area contributed by atoms with Crippen LogP contribution in [0.5, 0.6) is 0 Å². The van der Waals surface area contributed by atoms with Crippen molar-refractivity contribution < 1.29 is 42.5 Å². The van der Waals surface area contributed by atoms with Gasteiger partial charge in [-0.1, -0.05) is 306 Å². The topological polar surface area (TPSA) is 9.23 Å². The molecule has 0 radical (unpaired) electrons. The van der Waals surface area contributed by atoms with Crippen molar-refractivity contribution in [3.63, 3.8) is 0 Å². The minimum Gasteiger partial charge on any atom is -0.381 e. The molecule has 1 saturated heterocycles. The summed E-state index contributed by atoms with van der Waals surface area (Å²) in [7, 11) is -8.46. The van der Waals surface area contributed by atoms with Crippen molar-refractivity contribution >= 4 is 69.2 Å². The summed E-state index contributed by atoms with van der Waals surface area (Å²) in [6.45, 7) is 32.4. The van der Waals surface area contributed by atoms with Crippen molar-refractivity contribution in [1.82, 2.24) is 0 Å². The van der Waals surface area contributed by atoms with Crippen molar-refractivity contribution in [2.45, 2.75) is 176 Å². The molecule has 9 rings (SSSR count). The molecule has 1 nitrogen and oxygen atoms in total. The summed E-state index contributed by atoms with van der Waals surface area (Å²) in [5.41, 5.74) is 5.92. The van der Waals surface area contributed by atoms with E-state index in [0.29, 0.717) is 11.1 Å². The molecule has 2 saturated carbocycles. The molecule has 0 bridgehead atoms. The molecule has 3 fully saturated rings. The van der Waals surface area contributed by atoms with E-state index in [0.717, 1.165) is 36.1 Å². The summed E-state index contributed by atoms with van der Waals surface area (Å²) in [4.78, 5) is 0. The molecule has 9 heteroatoms. The zero-order valence-electron chi connectivity index (χ0n) is 50.8. The smallest absolute Gasteiger partial charge is 0.381 e. The van der Waals surface area contributed by atoms with Crippen molar-refractivity contribution in [1.29, 1.82) is 0 Å². The van der Waals surface area contributed by atoms with Crippen LogP contribution in [0.3, 0.4) is 0 Å². The molecule has 75 heavy (non-hydrogen) atoms. The first kappa shape index (κ1) is 67.6. The Balaban J connectivity index is 0.000000344. The van der Waals surface area contributed by atoms with Gasteiger partial charge < -0.3 is 19.6 Å². The van der Waals surface area contributed by atoms with Crippen molar-refractivity contribution in [2.24, 2.45) is 11.8 Å². The normalized spacial score (nSPS) is 22.5. The van der Waals surface area contributed by atoms with E-state index in [9.17, 15) is 0 Å². The fourth-order valence-electron chi connectivity index (χ4n) is 14.2. The molecule has 4 aromatic rings. The third kappa shape index (κ3) is 18.4. The van der Waals surface area contributed by atoms with E-state index < -0.39 is 48.4 Å². The summed E-state index contributed by atoms with van der Waals surface area (Å²) < 4.78 is 4.94. The van der Waals surface area contributed by atoms with Crippen molar-refractivity contribution in [3.8, 4) is 0 Å². The predicted molar refractivity (Wildman–Crippen MR) is 345 cm³/mol. The van der Waals surface area contributed by atoms with Crippen LogP contribution in [0, 0.1) is 26.7 Å². The second-order valence-corrected chi connectivity index (χ2v) is 58.3. The van der Waals surface area contributed by atoms with E-state index in [1.165, 1.54) is 75.5 Å². The van der Waals surface area contributed by atoms with Crippen LogP contribution in [0.4, 0.5) is 0 Å². The number of ether oxygens (including phenoxy) is 1. The summed E-state index contributed by atoms with van der Waals surface area (Å²) in [6, 6.07) is 52.5. The average molecular weight is 1090 g/mol. The van der Waals surface area contributed by atoms with Crippen LogP contribution < -0.4 is 58.5 Å². The Morgan fingerprint density at radius 3 is 0.973 bits per heavy atom. The Morgan fingerprint density at radius 1 is 0.400 bits per heavy atom. The molecule has 6 unspecified atom stereocenters. The Kier molecular flexibility index (Phi) is 26.7. The van der Waals surface area contributed by atoms with E-state index in [2.05, 4.69) is 236 Å². The standard InChI is InChI=1S/C30H48Si3.C30H40Si3.C4H8O.2CH3.2Li/c2*1-31(2,3)23-25-17-19-29(21-25)33(27-13-9-7-10-14-27,28-15-11-8-12-16-28)30-20-18-26(22-30)24-32(4,5)6;1-2-4-5-3-1;;;;/h7-16,25-26,29-30H,17-24H2,1-6H3;7-22,29-30H,23-24H2,1-6H3;1-4H2;2*1H3;;/q;;;2*-1;2*+1. The molecule has 4 aromatic carbocycles. The molecular weight excluding hydrogens is 991 g/mol. The van der Waals surface area contributed by atoms with E-state index >= 15 is 0 Å². The molecule has 1 aliphatic heterocycles. The zero-order chi connectivity index (χ0) is 50.9. The number of benzene rings is 4. The van der Waals surface area contributed by atoms with E-state index in [-0.39, 0.29) is 52.6 Å². The molecular formula is C66H102Li2OSi6. The van der Waals surface area contributed by atoms with Gasteiger partial charge in [-0.05, 0) is 60.7 Å². The minimum atomic E-state index is -2.21. The first-order chi connectivity index (χ1) is 33.7. The van der Waals surface area contributed by atoms with Gasteiger partial charge in [0.25, 0.3) is 0 Å². The molecule has 0 N–H and O–H groups in total. The van der Waals surface area contributed by atoms with Crippen LogP contribution in [0.1, 0.15) is 51.4 Å². The largest absolute Gasteiger partial charge is 1.00 e. The first-order valence-electron chi connectivity index (χ1n) is 28.2. The molecule has 4 aliphatic carbocycles. The second kappa shape index (κ2) is 29.7. The summed E-state index contributed by atoms with van der Waals surface area (Å²) >= 11 is 0. The molecule has 1 heterocycles. The predicted octanol–water partition coefficient (Wildman–Crippen LogP) is 11.6. The number of hydrogen-bond donors (Lipinski definition) is 0. The third-order valence-electron chi connectivity index (χ3n) is 16.3. The fourth-order valence-corrected chi connectivity index (χ4v) is 33.9. The minimum absolute atomic E-state index is 0. The van der Waals surface area contributed by atoms with Gasteiger partial charge in [-0.25, -0.2) is 0 Å². The van der Waals surface area contributed by atoms with Crippen molar-refractivity contribution in [2.75, 3.05) is 13.2 Å². The second-order valence-electron chi connectivity index (χ2n) is 27.5. The first-order valence-corrected chi connectivity index (χ1v) is 47.4. The van der Waals surface area contributed by atoms with Crippen molar-refractivity contribution in [3.05, 3.63) is 184 Å². The van der Waals surface area contributed by atoms with E-state index in [4.69, 9.17) is 4.74 Å². The Hall–Kier alpha value is -1.70. The monoisotopic (exact) mass is 1090 g/mol. The maximum Gasteiger partial charge on any atom is 1.00 e. The quantitative estimate of drug-likeness (QED) is 0.0803. The van der Waals surface area contributed by atoms with Crippen LogP contribution in [-0.2, 0) is 4.74 Å². The maximum absolute atomic E-state index is 4.94. The number of allylic oxidation sites excluding steroid dienone is 8. The van der Waals surface area contributed by atoms with Gasteiger partial charge in [0, 0.05) is 56.6 Å². The van der Waals surface area contributed by atoms with Crippen LogP contribution in [0.25, 0.3) is 0 Å². The van der Waals surface area contributed by atoms with Crippen LogP contribution in [-0.4, -0.2) is 61.7 Å². The molecule has 0 aromatic heterocycles. The van der Waals surface area contributed by atoms with Gasteiger partial charge >= 0.3 is 37.7 Å². The molecule has 398 valence electrons. The molecule has 0 spiro atoms. The molecule has 0 amide bonds. The summed E-state index contributed by atoms with van der Waals surface area (Å²) in [5.74, 6) is 1.94. The fraction of sp³-hybridized carbons (Fsp3) is 0.485. The average Bonchev–Trinajstić information content (AvgIpc) is 4.18. The van der Waals surface area contributed by atoms with Crippen LogP contribution in [0.2, 0.25) is 125 Å². The SMILES string of the molecule is C1CCOC1.C[Si](C)(C)CC1=CC([Si](c2ccccc2)(c2ccccc2)C2C=CC(C[Si](C)(C)C)=C2)C=C1.C[Si](C)(C)CC1CCC([Si](c2ccccc2)(c2ccccc2)C2CCC(C[Si](C)(C)C)C2)C1.[CH3-].[CH3-].[Li+].[Li+]. The molecule has 5 aliphatic rings. The van der Waals surface area contributed by atoms with Gasteiger partial charge in [-0.2, -0.15) is 0 Å². The van der Waals surface area contributed by atoms with Crippen LogP contribution >= 0.6 is 0 Å².